The highest BCUT2D eigenvalue weighted by Gasteiger charge is 2.39. The van der Waals surface area contributed by atoms with Gasteiger partial charge in [0.1, 0.15) is 0 Å². The Kier molecular flexibility index (Phi) is 10.7. The van der Waals surface area contributed by atoms with Crippen LogP contribution >= 0.6 is 0 Å². The maximum absolute atomic E-state index is 2.46. The van der Waals surface area contributed by atoms with Gasteiger partial charge in [-0.1, -0.05) is 200 Å². The highest BCUT2D eigenvalue weighted by molar-refractivity contribution is 6.33. The van der Waals surface area contributed by atoms with Gasteiger partial charge >= 0.3 is 0 Å². The third kappa shape index (κ3) is 7.19. The smallest absolute Gasteiger partial charge is 0.0493 e. The number of hydrogen-bond donors (Lipinski definition) is 0. The summed E-state index contributed by atoms with van der Waals surface area (Å²) in [6.07, 6.45) is 0. The molecule has 0 saturated heterocycles. The Hall–Kier alpha value is -9.24. The molecule has 0 bridgehead atoms. The highest BCUT2D eigenvalue weighted by Crippen LogP contribution is 2.66. The molecule has 0 aliphatic heterocycles. The lowest BCUT2D eigenvalue weighted by atomic mass is 9.65. The molecule has 0 heterocycles. The first-order chi connectivity index (χ1) is 35.6. The molecular weight excluding hydrogens is 869 g/mol. The minimum absolute atomic E-state index is 1.10. The van der Waals surface area contributed by atoms with Crippen molar-refractivity contribution in [3.05, 3.63) is 278 Å². The van der Waals surface area contributed by atoms with Gasteiger partial charge in [0.05, 0.1) is 0 Å². The topological polar surface area (TPSA) is 6.48 Å². The second-order valence-electron chi connectivity index (χ2n) is 18.9. The summed E-state index contributed by atoms with van der Waals surface area (Å²) in [6, 6.07) is 97.9. The Balaban J connectivity index is 1.19. The lowest BCUT2D eigenvalue weighted by Crippen LogP contribution is -2.13. The number of nitrogens with zero attached hydrogens (tertiary/aromatic N) is 2. The van der Waals surface area contributed by atoms with Crippen molar-refractivity contribution in [1.82, 2.24) is 0 Å². The Morgan fingerprint density at radius 2 is 0.528 bits per heavy atom. The molecule has 2 nitrogen and oxygen atoms in total. The van der Waals surface area contributed by atoms with Crippen LogP contribution in [0.5, 0.6) is 0 Å². The molecule has 340 valence electrons. The molecule has 0 N–H and O–H groups in total. The van der Waals surface area contributed by atoms with E-state index < -0.39 is 0 Å². The molecule has 0 atom stereocenters. The molecule has 0 saturated carbocycles. The summed E-state index contributed by atoms with van der Waals surface area (Å²) in [5.41, 5.74) is 24.1. The highest BCUT2D eigenvalue weighted by atomic mass is 15.1. The van der Waals surface area contributed by atoms with Crippen LogP contribution in [-0.2, 0) is 0 Å². The summed E-state index contributed by atoms with van der Waals surface area (Å²) < 4.78 is 0. The Morgan fingerprint density at radius 3 is 0.889 bits per heavy atom. The van der Waals surface area contributed by atoms with E-state index in [1.807, 2.05) is 0 Å². The van der Waals surface area contributed by atoms with E-state index >= 15 is 0 Å². The van der Waals surface area contributed by atoms with Crippen LogP contribution in [0.2, 0.25) is 0 Å². The zero-order valence-electron chi connectivity index (χ0n) is 40.3. The number of rotatable bonds is 10. The summed E-state index contributed by atoms with van der Waals surface area (Å²) in [5, 5.41) is 4.86. The SMILES string of the molecule is Cc1ccc(C)c(N(c2ccccc2)c2ccc3c(-c4ccccc4)c4c(c(-c5ccccc5)c3c2)-c2c-4c(-c3ccccc3)c3cc(N(c4ccccc4)c4ccccc4)ccc3c2-c2ccccc2)c1. The van der Waals surface area contributed by atoms with E-state index in [0.29, 0.717) is 0 Å². The molecule has 1 aliphatic rings. The molecule has 2 heteroatoms. The first kappa shape index (κ1) is 42.8. The number of aryl methyl sites for hydroxylation is 2. The van der Waals surface area contributed by atoms with Gasteiger partial charge < -0.3 is 9.80 Å². The van der Waals surface area contributed by atoms with Crippen LogP contribution in [0.25, 0.3) is 88.3 Å². The van der Waals surface area contributed by atoms with Crippen molar-refractivity contribution in [2.45, 2.75) is 13.8 Å². The van der Waals surface area contributed by atoms with Crippen LogP contribution in [0.15, 0.2) is 267 Å². The van der Waals surface area contributed by atoms with Gasteiger partial charge in [-0.2, -0.15) is 0 Å². The van der Waals surface area contributed by atoms with Gasteiger partial charge in [0.2, 0.25) is 0 Å². The van der Waals surface area contributed by atoms with Gasteiger partial charge in [-0.05, 0) is 180 Å². The minimum atomic E-state index is 1.10. The van der Waals surface area contributed by atoms with Crippen molar-refractivity contribution in [1.29, 1.82) is 0 Å². The van der Waals surface area contributed by atoms with Gasteiger partial charge in [0, 0.05) is 34.1 Å². The van der Waals surface area contributed by atoms with Crippen LogP contribution in [0.1, 0.15) is 11.1 Å². The molecule has 72 heavy (non-hydrogen) atoms. The van der Waals surface area contributed by atoms with Gasteiger partial charge in [0.15, 0.2) is 0 Å². The van der Waals surface area contributed by atoms with Crippen LogP contribution in [0.3, 0.4) is 0 Å². The van der Waals surface area contributed by atoms with Gasteiger partial charge in [-0.3, -0.25) is 0 Å². The normalized spacial score (nSPS) is 11.5. The first-order valence-corrected chi connectivity index (χ1v) is 24.9. The van der Waals surface area contributed by atoms with Crippen molar-refractivity contribution in [3.63, 3.8) is 0 Å². The third-order valence-corrected chi connectivity index (χ3v) is 14.5. The standard InChI is InChI=1S/C70H50N2/c1-47-38-39-48(2)62(44-47)72(55-36-22-9-23-37-55)57-41-43-59-61(46-57)66(52-30-16-6-17-31-52)70-67-63(49-24-10-3-11-25-49)58-42-40-56(71(53-32-18-7-19-33-53)54-34-20-8-21-35-54)45-60(58)65(51-28-14-5-15-29-51)69(67)68(70)64(59)50-26-12-4-13-27-50/h3-46H,1-2H3. The third-order valence-electron chi connectivity index (χ3n) is 14.5. The number of fused-ring (bicyclic) bond motifs is 6. The molecule has 1 aliphatic carbocycles. The van der Waals surface area contributed by atoms with Gasteiger partial charge in [-0.25, -0.2) is 0 Å². The fraction of sp³-hybridized carbons (Fsp3) is 0.0286. The minimum Gasteiger partial charge on any atom is -0.310 e. The van der Waals surface area contributed by atoms with Gasteiger partial charge in [0.25, 0.3) is 0 Å². The molecule has 0 unspecified atom stereocenters. The lowest BCUT2D eigenvalue weighted by Gasteiger charge is -2.38. The van der Waals surface area contributed by atoms with E-state index in [1.54, 1.807) is 0 Å². The van der Waals surface area contributed by atoms with E-state index in [2.05, 4.69) is 291 Å². The maximum Gasteiger partial charge on any atom is 0.0493 e. The molecule has 13 rings (SSSR count). The second kappa shape index (κ2) is 17.9. The van der Waals surface area contributed by atoms with Crippen LogP contribution in [0, 0.1) is 13.8 Å². The van der Waals surface area contributed by atoms with Crippen LogP contribution in [0.4, 0.5) is 34.1 Å². The van der Waals surface area contributed by atoms with Crippen molar-refractivity contribution in [2.24, 2.45) is 0 Å². The fourth-order valence-corrected chi connectivity index (χ4v) is 11.4. The monoisotopic (exact) mass is 918 g/mol. The van der Waals surface area contributed by atoms with Crippen molar-refractivity contribution >= 4 is 55.7 Å². The molecule has 0 amide bonds. The van der Waals surface area contributed by atoms with Gasteiger partial charge in [-0.15, -0.1) is 0 Å². The zero-order valence-corrected chi connectivity index (χ0v) is 40.3. The molecular formula is C70H50N2. The molecule has 0 radical (unpaired) electrons. The molecule has 0 fully saturated rings. The predicted octanol–water partition coefficient (Wildman–Crippen LogP) is 19.9. The predicted molar refractivity (Wildman–Crippen MR) is 306 cm³/mol. The average molecular weight is 919 g/mol. The molecule has 12 aromatic carbocycles. The quantitative estimate of drug-likeness (QED) is 0.135. The van der Waals surface area contributed by atoms with E-state index in [9.17, 15) is 0 Å². The fourth-order valence-electron chi connectivity index (χ4n) is 11.4. The number of anilines is 6. The number of hydrogen-bond acceptors (Lipinski definition) is 2. The molecule has 0 spiro atoms. The summed E-state index contributed by atoms with van der Waals surface area (Å²) in [5.74, 6) is 0. The number of para-hydroxylation sites is 3. The summed E-state index contributed by atoms with van der Waals surface area (Å²) in [4.78, 5) is 4.82. The van der Waals surface area contributed by atoms with E-state index in [0.717, 1.165) is 28.4 Å². The Morgan fingerprint density at radius 1 is 0.222 bits per heavy atom. The van der Waals surface area contributed by atoms with Crippen LogP contribution < -0.4 is 9.80 Å². The van der Waals surface area contributed by atoms with Crippen LogP contribution in [-0.4, -0.2) is 0 Å². The molecule has 12 aromatic rings. The van der Waals surface area contributed by atoms with Crippen molar-refractivity contribution in [2.75, 3.05) is 9.80 Å². The van der Waals surface area contributed by atoms with E-state index in [4.69, 9.17) is 0 Å². The maximum atomic E-state index is 2.46. The lowest BCUT2D eigenvalue weighted by molar-refractivity contribution is 1.24. The zero-order chi connectivity index (χ0) is 48.1. The summed E-state index contributed by atoms with van der Waals surface area (Å²) in [7, 11) is 0. The average Bonchev–Trinajstić information content (AvgIpc) is 3.44. The second-order valence-corrected chi connectivity index (χ2v) is 18.9. The first-order valence-electron chi connectivity index (χ1n) is 24.9. The van der Waals surface area contributed by atoms with Crippen molar-refractivity contribution < 1.29 is 0 Å². The van der Waals surface area contributed by atoms with E-state index in [-0.39, 0.29) is 0 Å². The Bertz CT molecular complexity index is 3910. The van der Waals surface area contributed by atoms with E-state index in [1.165, 1.54) is 105 Å². The summed E-state index contributed by atoms with van der Waals surface area (Å²) in [6.45, 7) is 4.41. The number of benzene rings is 12. The summed E-state index contributed by atoms with van der Waals surface area (Å²) >= 11 is 0. The Labute approximate surface area is 422 Å². The largest absolute Gasteiger partial charge is 0.310 e. The molecule has 0 aromatic heterocycles. The van der Waals surface area contributed by atoms with Crippen molar-refractivity contribution in [3.8, 4) is 66.8 Å².